The van der Waals surface area contributed by atoms with Crippen LogP contribution in [0, 0.1) is 11.6 Å². The predicted molar refractivity (Wildman–Crippen MR) is 137 cm³/mol. The summed E-state index contributed by atoms with van der Waals surface area (Å²) in [6, 6.07) is 15.0. The van der Waals surface area contributed by atoms with Gasteiger partial charge in [0.15, 0.2) is 0 Å². The largest absolute Gasteiger partial charge is 0.419 e. The first-order valence-corrected chi connectivity index (χ1v) is 11.4. The Hall–Kier alpha value is -5.50. The highest BCUT2D eigenvalue weighted by Crippen LogP contribution is 2.09. The van der Waals surface area contributed by atoms with Crippen LogP contribution in [0.2, 0.25) is 5.02 Å². The number of amides is 5. The number of rotatable bonds is 5. The van der Waals surface area contributed by atoms with E-state index >= 15 is 0 Å². The van der Waals surface area contributed by atoms with Crippen molar-refractivity contribution < 1.29 is 32.7 Å². The number of halogens is 3. The quantitative estimate of drug-likeness (QED) is 0.261. The minimum Gasteiger partial charge on any atom is -0.410 e. The van der Waals surface area contributed by atoms with Crippen LogP contribution in [-0.4, -0.2) is 38.9 Å². The molecule has 0 aliphatic heterocycles. The zero-order valence-corrected chi connectivity index (χ0v) is 20.9. The van der Waals surface area contributed by atoms with Gasteiger partial charge in [0, 0.05) is 6.20 Å². The van der Waals surface area contributed by atoms with Gasteiger partial charge in [0.25, 0.3) is 11.8 Å². The standard InChI is InChI=1S/C13H9FN2O3.C12H9ClFN5O2/c14-9-6-7-11(15-8-9)12(17)16-13(18)19-10-4-2-1-3-5-10;13-7-1-4-10(16-5-7)18-19-12(21)17-11(20)9-3-2-8(14)6-15-9/h1-8H,(H,16,17,18);1-6H,(H,16,18)(H2,17,19,20,21). The number of carbonyl (C=O) groups is 4. The Labute approximate surface area is 229 Å². The van der Waals surface area contributed by atoms with Gasteiger partial charge < -0.3 is 4.74 Å². The first kappa shape index (κ1) is 29.1. The first-order chi connectivity index (χ1) is 19.2. The monoisotopic (exact) mass is 569 g/mol. The summed E-state index contributed by atoms with van der Waals surface area (Å²) in [4.78, 5) is 57.0. The lowest BCUT2D eigenvalue weighted by molar-refractivity contribution is 0.0940. The fourth-order valence-electron chi connectivity index (χ4n) is 2.57. The van der Waals surface area contributed by atoms with Gasteiger partial charge in [-0.25, -0.2) is 38.7 Å². The molecule has 0 saturated heterocycles. The smallest absolute Gasteiger partial charge is 0.410 e. The number of benzene rings is 1. The van der Waals surface area contributed by atoms with Gasteiger partial charge in [-0.2, -0.15) is 0 Å². The number of ether oxygens (including phenoxy) is 1. The van der Waals surface area contributed by atoms with Gasteiger partial charge in [-0.05, 0) is 48.5 Å². The Bertz CT molecular complexity index is 1460. The van der Waals surface area contributed by atoms with Crippen LogP contribution in [0.1, 0.15) is 21.0 Å². The number of anilines is 1. The zero-order valence-electron chi connectivity index (χ0n) is 20.1. The van der Waals surface area contributed by atoms with E-state index in [2.05, 4.69) is 25.8 Å². The predicted octanol–water partition coefficient (Wildman–Crippen LogP) is 3.89. The van der Waals surface area contributed by atoms with Gasteiger partial charge in [-0.15, -0.1) is 0 Å². The fraction of sp³-hybridized carbons (Fsp3) is 0. The van der Waals surface area contributed by atoms with Crippen molar-refractivity contribution in [2.45, 2.75) is 0 Å². The number of nitrogens with zero attached hydrogens (tertiary/aromatic N) is 3. The second-order valence-corrected chi connectivity index (χ2v) is 7.71. The van der Waals surface area contributed by atoms with Crippen molar-refractivity contribution in [2.24, 2.45) is 0 Å². The highest BCUT2D eigenvalue weighted by atomic mass is 35.5. The van der Waals surface area contributed by atoms with Crippen molar-refractivity contribution in [1.82, 2.24) is 31.0 Å². The molecule has 15 heteroatoms. The summed E-state index contributed by atoms with van der Waals surface area (Å²) in [5, 5.41) is 4.43. The van der Waals surface area contributed by atoms with Crippen molar-refractivity contribution >= 4 is 41.4 Å². The molecule has 0 radical (unpaired) electrons. The number of hydrazine groups is 1. The summed E-state index contributed by atoms with van der Waals surface area (Å²) in [6.07, 6.45) is 2.22. The summed E-state index contributed by atoms with van der Waals surface area (Å²) in [5.41, 5.74) is 4.51. The highest BCUT2D eigenvalue weighted by molar-refractivity contribution is 6.30. The normalized spacial score (nSPS) is 9.78. The molecule has 3 aromatic heterocycles. The average molecular weight is 570 g/mol. The maximum Gasteiger partial charge on any atom is 0.419 e. The molecule has 5 amide bonds. The third-order valence-corrected chi connectivity index (χ3v) is 4.57. The van der Waals surface area contributed by atoms with E-state index in [9.17, 15) is 28.0 Å². The van der Waals surface area contributed by atoms with Crippen LogP contribution in [0.4, 0.5) is 24.2 Å². The van der Waals surface area contributed by atoms with Gasteiger partial charge in [-0.3, -0.25) is 25.6 Å². The maximum atomic E-state index is 12.6. The third-order valence-electron chi connectivity index (χ3n) is 4.35. The van der Waals surface area contributed by atoms with Gasteiger partial charge in [-0.1, -0.05) is 29.8 Å². The third kappa shape index (κ3) is 9.75. The summed E-state index contributed by atoms with van der Waals surface area (Å²) in [6.45, 7) is 0. The second-order valence-electron chi connectivity index (χ2n) is 7.27. The van der Waals surface area contributed by atoms with Gasteiger partial charge in [0.2, 0.25) is 0 Å². The fourth-order valence-corrected chi connectivity index (χ4v) is 2.68. The van der Waals surface area contributed by atoms with E-state index in [0.717, 1.165) is 30.6 Å². The number of para-hydroxylation sites is 1. The molecule has 4 rings (SSSR count). The van der Waals surface area contributed by atoms with E-state index in [1.165, 1.54) is 18.3 Å². The zero-order chi connectivity index (χ0) is 28.9. The molecule has 0 aliphatic carbocycles. The molecule has 1 aromatic carbocycles. The second kappa shape index (κ2) is 14.4. The Morgan fingerprint density at radius 1 is 0.700 bits per heavy atom. The number of imide groups is 2. The van der Waals surface area contributed by atoms with Gasteiger partial charge in [0.05, 0.1) is 17.4 Å². The molecule has 0 saturated carbocycles. The summed E-state index contributed by atoms with van der Waals surface area (Å²) >= 11 is 5.65. The van der Waals surface area contributed by atoms with Crippen LogP contribution in [0.5, 0.6) is 5.75 Å². The van der Waals surface area contributed by atoms with Gasteiger partial charge in [0.1, 0.15) is 34.6 Å². The molecular formula is C25H18ClF2N7O5. The molecule has 3 heterocycles. The van der Waals surface area contributed by atoms with Crippen molar-refractivity contribution in [1.29, 1.82) is 0 Å². The van der Waals surface area contributed by atoms with Crippen LogP contribution in [0.15, 0.2) is 85.3 Å². The minimum atomic E-state index is -0.928. The van der Waals surface area contributed by atoms with E-state index in [1.807, 2.05) is 10.6 Å². The van der Waals surface area contributed by atoms with Crippen LogP contribution in [0.25, 0.3) is 0 Å². The molecule has 4 N–H and O–H groups in total. The van der Waals surface area contributed by atoms with E-state index in [-0.39, 0.29) is 11.4 Å². The van der Waals surface area contributed by atoms with E-state index in [1.54, 1.807) is 36.4 Å². The Morgan fingerprint density at radius 2 is 1.30 bits per heavy atom. The lowest BCUT2D eigenvalue weighted by atomic mass is 10.3. The van der Waals surface area contributed by atoms with E-state index in [4.69, 9.17) is 16.3 Å². The van der Waals surface area contributed by atoms with Crippen LogP contribution < -0.4 is 26.2 Å². The molecule has 40 heavy (non-hydrogen) atoms. The van der Waals surface area contributed by atoms with Crippen molar-refractivity contribution in [3.8, 4) is 5.75 Å². The van der Waals surface area contributed by atoms with Crippen LogP contribution in [0.3, 0.4) is 0 Å². The lowest BCUT2D eigenvalue weighted by Crippen LogP contribution is -2.42. The minimum absolute atomic E-state index is 0.0774. The summed E-state index contributed by atoms with van der Waals surface area (Å²) in [5.74, 6) is -2.03. The molecule has 0 fully saturated rings. The van der Waals surface area contributed by atoms with E-state index < -0.39 is 35.6 Å². The molecule has 0 atom stereocenters. The lowest BCUT2D eigenvalue weighted by Gasteiger charge is -2.08. The van der Waals surface area contributed by atoms with E-state index in [0.29, 0.717) is 16.6 Å². The average Bonchev–Trinajstić information content (AvgIpc) is 2.94. The molecule has 0 aliphatic rings. The summed E-state index contributed by atoms with van der Waals surface area (Å²) in [7, 11) is 0. The van der Waals surface area contributed by atoms with Crippen molar-refractivity contribution in [3.63, 3.8) is 0 Å². The van der Waals surface area contributed by atoms with Crippen molar-refractivity contribution in [2.75, 3.05) is 5.43 Å². The molecule has 0 spiro atoms. The van der Waals surface area contributed by atoms with Gasteiger partial charge >= 0.3 is 12.1 Å². The van der Waals surface area contributed by atoms with Crippen molar-refractivity contribution in [3.05, 3.63) is 113 Å². The molecule has 0 unspecified atom stereocenters. The molecule has 12 nitrogen and oxygen atoms in total. The Morgan fingerprint density at radius 3 is 1.82 bits per heavy atom. The highest BCUT2D eigenvalue weighted by Gasteiger charge is 2.13. The summed E-state index contributed by atoms with van der Waals surface area (Å²) < 4.78 is 30.1. The first-order valence-electron chi connectivity index (χ1n) is 11.0. The maximum absolute atomic E-state index is 12.6. The number of nitrogens with one attached hydrogen (secondary N) is 4. The number of aromatic nitrogens is 3. The number of carbonyl (C=O) groups excluding carboxylic acids is 4. The molecule has 4 aromatic rings. The molecular weight excluding hydrogens is 552 g/mol. The SMILES string of the molecule is O=C(NC(=O)c1ccc(F)cn1)Oc1ccccc1.O=C(NNc1ccc(Cl)cn1)NC(=O)c1ccc(F)cn1. The number of pyridine rings is 3. The number of urea groups is 1. The number of hydrogen-bond donors (Lipinski definition) is 4. The Kier molecular flexibility index (Phi) is 10.5. The molecule has 204 valence electrons. The Balaban J connectivity index is 0.000000222. The van der Waals surface area contributed by atoms with Crippen LogP contribution in [-0.2, 0) is 0 Å². The molecule has 0 bridgehead atoms. The number of hydrogen-bond acceptors (Lipinski definition) is 9. The topological polar surface area (TPSA) is 164 Å². The van der Waals surface area contributed by atoms with Crippen LogP contribution >= 0.6 is 11.6 Å².